The Hall–Kier alpha value is -2.35. The predicted molar refractivity (Wildman–Crippen MR) is 107 cm³/mol. The fourth-order valence-electron chi connectivity index (χ4n) is 4.24. The molecule has 0 N–H and O–H groups in total. The van der Waals surface area contributed by atoms with Crippen molar-refractivity contribution in [2.24, 2.45) is 12.5 Å². The Kier molecular flexibility index (Phi) is 6.55. The van der Waals surface area contributed by atoms with Crippen molar-refractivity contribution in [3.63, 3.8) is 0 Å². The largest absolute Gasteiger partial charge is 0.466 e. The zero-order valence-electron chi connectivity index (χ0n) is 17.6. The lowest BCUT2D eigenvalue weighted by atomic mass is 9.73. The molecule has 164 valence electrons. The highest BCUT2D eigenvalue weighted by molar-refractivity contribution is 5.77. The molecule has 1 aromatic heterocycles. The Morgan fingerprint density at radius 2 is 1.87 bits per heavy atom. The number of aryl methyl sites for hydroxylation is 2. The first-order valence-electron chi connectivity index (χ1n) is 10.2. The summed E-state index contributed by atoms with van der Waals surface area (Å²) in [6, 6.07) is 5.51. The first-order chi connectivity index (χ1) is 14.1. The highest BCUT2D eigenvalue weighted by atomic mass is 19.4. The van der Waals surface area contributed by atoms with Crippen molar-refractivity contribution in [2.75, 3.05) is 19.7 Å². The van der Waals surface area contributed by atoms with E-state index in [1.54, 1.807) is 17.7 Å². The van der Waals surface area contributed by atoms with Crippen LogP contribution in [-0.2, 0) is 35.7 Å². The quantitative estimate of drug-likeness (QED) is 0.656. The zero-order chi connectivity index (χ0) is 21.9. The lowest BCUT2D eigenvalue weighted by Crippen LogP contribution is -2.46. The third-order valence-corrected chi connectivity index (χ3v) is 5.88. The van der Waals surface area contributed by atoms with Gasteiger partial charge in [-0.05, 0) is 57.8 Å². The number of hydrogen-bond acceptors (Lipinski definition) is 4. The van der Waals surface area contributed by atoms with E-state index < -0.39 is 23.1 Å². The average molecular weight is 423 g/mol. The van der Waals surface area contributed by atoms with Crippen LogP contribution >= 0.6 is 0 Å². The number of piperidine rings is 1. The van der Waals surface area contributed by atoms with E-state index in [0.717, 1.165) is 17.3 Å². The van der Waals surface area contributed by atoms with Crippen molar-refractivity contribution < 1.29 is 22.7 Å². The van der Waals surface area contributed by atoms with Crippen molar-refractivity contribution in [3.05, 3.63) is 52.8 Å². The molecule has 0 saturated carbocycles. The molecule has 1 aliphatic heterocycles. The van der Waals surface area contributed by atoms with Crippen molar-refractivity contribution in [3.8, 4) is 0 Å². The van der Waals surface area contributed by atoms with Gasteiger partial charge in [0.25, 0.3) is 0 Å². The van der Waals surface area contributed by atoms with Gasteiger partial charge in [-0.25, -0.2) is 0 Å². The summed E-state index contributed by atoms with van der Waals surface area (Å²) in [7, 11) is 1.87. The molecule has 0 amide bonds. The van der Waals surface area contributed by atoms with Crippen LogP contribution in [0, 0.1) is 12.3 Å². The highest BCUT2D eigenvalue weighted by Crippen LogP contribution is 2.40. The standard InChI is InChI=1S/C22H28F3N3O2/c1-4-30-20(29)21(13-17-7-5-6-8-19(17)22(23,24)25)9-11-28(12-10-21)15-18-14-27(3)26-16(18)2/h5-8,14H,4,9-13,15H2,1-3H3. The molecule has 2 heterocycles. The molecule has 0 unspecified atom stereocenters. The highest BCUT2D eigenvalue weighted by Gasteiger charge is 2.44. The summed E-state index contributed by atoms with van der Waals surface area (Å²) in [5, 5.41) is 4.36. The molecular weight excluding hydrogens is 395 g/mol. The number of carbonyl (C=O) groups is 1. The van der Waals surface area contributed by atoms with Crippen LogP contribution in [0.2, 0.25) is 0 Å². The molecule has 2 aromatic rings. The zero-order valence-corrected chi connectivity index (χ0v) is 17.6. The molecule has 0 aliphatic carbocycles. The lowest BCUT2D eigenvalue weighted by molar-refractivity contribution is -0.159. The van der Waals surface area contributed by atoms with E-state index >= 15 is 0 Å². The fourth-order valence-corrected chi connectivity index (χ4v) is 4.24. The van der Waals surface area contributed by atoms with E-state index in [1.807, 2.05) is 20.2 Å². The number of alkyl halides is 3. The van der Waals surface area contributed by atoms with Gasteiger partial charge in [0.2, 0.25) is 0 Å². The number of rotatable bonds is 6. The first-order valence-corrected chi connectivity index (χ1v) is 10.2. The minimum absolute atomic E-state index is 0.0290. The van der Waals surface area contributed by atoms with Crippen LogP contribution in [0.1, 0.15) is 42.1 Å². The molecule has 3 rings (SSSR count). The summed E-state index contributed by atoms with van der Waals surface area (Å²) in [5.74, 6) is -0.404. The minimum Gasteiger partial charge on any atom is -0.466 e. The lowest BCUT2D eigenvalue weighted by Gasteiger charge is -2.40. The number of carbonyl (C=O) groups excluding carboxylic acids is 1. The van der Waals surface area contributed by atoms with E-state index in [-0.39, 0.29) is 18.6 Å². The summed E-state index contributed by atoms with van der Waals surface area (Å²) < 4.78 is 47.5. The maximum absolute atomic E-state index is 13.5. The maximum Gasteiger partial charge on any atom is 0.416 e. The van der Waals surface area contributed by atoms with Gasteiger partial charge in [0.15, 0.2) is 0 Å². The predicted octanol–water partition coefficient (Wildman–Crippen LogP) is 4.14. The normalized spacial score (nSPS) is 17.1. The van der Waals surface area contributed by atoms with E-state index in [0.29, 0.717) is 32.5 Å². The van der Waals surface area contributed by atoms with Gasteiger partial charge in [-0.3, -0.25) is 14.4 Å². The number of ether oxygens (including phenoxy) is 1. The number of hydrogen-bond donors (Lipinski definition) is 0. The number of halogens is 3. The Labute approximate surface area is 174 Å². The summed E-state index contributed by atoms with van der Waals surface area (Å²) >= 11 is 0. The molecule has 8 heteroatoms. The molecule has 1 fully saturated rings. The first kappa shape index (κ1) is 22.3. The van der Waals surface area contributed by atoms with Crippen LogP contribution in [0.25, 0.3) is 0 Å². The Bertz CT molecular complexity index is 884. The summed E-state index contributed by atoms with van der Waals surface area (Å²) in [5.41, 5.74) is 0.594. The smallest absolute Gasteiger partial charge is 0.416 e. The topological polar surface area (TPSA) is 47.4 Å². The molecule has 0 spiro atoms. The minimum atomic E-state index is -4.45. The second-order valence-electron chi connectivity index (χ2n) is 8.02. The Morgan fingerprint density at radius 3 is 2.43 bits per heavy atom. The molecule has 1 saturated heterocycles. The van der Waals surface area contributed by atoms with Crippen LogP contribution in [0.15, 0.2) is 30.5 Å². The monoisotopic (exact) mass is 423 g/mol. The second-order valence-corrected chi connectivity index (χ2v) is 8.02. The number of aromatic nitrogens is 2. The maximum atomic E-state index is 13.5. The number of benzene rings is 1. The SMILES string of the molecule is CCOC(=O)C1(Cc2ccccc2C(F)(F)F)CCN(Cc2cn(C)nc2C)CC1. The van der Waals surface area contributed by atoms with Crippen LogP contribution in [0.4, 0.5) is 13.2 Å². The van der Waals surface area contributed by atoms with Gasteiger partial charge in [-0.15, -0.1) is 0 Å². The third-order valence-electron chi connectivity index (χ3n) is 5.88. The van der Waals surface area contributed by atoms with Crippen molar-refractivity contribution in [2.45, 2.75) is 45.8 Å². The van der Waals surface area contributed by atoms with E-state index in [9.17, 15) is 18.0 Å². The van der Waals surface area contributed by atoms with Gasteiger partial charge in [0.1, 0.15) is 0 Å². The molecular formula is C22H28F3N3O2. The third kappa shape index (κ3) is 4.86. The molecule has 30 heavy (non-hydrogen) atoms. The molecule has 1 aromatic carbocycles. The van der Waals surface area contributed by atoms with Crippen LogP contribution < -0.4 is 0 Å². The second kappa shape index (κ2) is 8.79. The number of nitrogens with zero attached hydrogens (tertiary/aromatic N) is 3. The van der Waals surface area contributed by atoms with Crippen molar-refractivity contribution in [1.29, 1.82) is 0 Å². The van der Waals surface area contributed by atoms with Gasteiger partial charge in [-0.2, -0.15) is 18.3 Å². The molecule has 0 radical (unpaired) electrons. The van der Waals surface area contributed by atoms with Gasteiger partial charge < -0.3 is 4.74 Å². The summed E-state index contributed by atoms with van der Waals surface area (Å²) in [6.45, 7) is 5.81. The van der Waals surface area contributed by atoms with Crippen LogP contribution in [0.5, 0.6) is 0 Å². The van der Waals surface area contributed by atoms with E-state index in [1.165, 1.54) is 12.1 Å². The van der Waals surface area contributed by atoms with Crippen LogP contribution in [0.3, 0.4) is 0 Å². The number of esters is 1. The fraction of sp³-hybridized carbons (Fsp3) is 0.545. The summed E-state index contributed by atoms with van der Waals surface area (Å²) in [6.07, 6.45) is -1.54. The molecule has 0 bridgehead atoms. The molecule has 0 atom stereocenters. The van der Waals surface area contributed by atoms with E-state index in [4.69, 9.17) is 4.74 Å². The average Bonchev–Trinajstić information content (AvgIpc) is 3.00. The number of likely N-dealkylation sites (tertiary alicyclic amines) is 1. The van der Waals surface area contributed by atoms with Crippen molar-refractivity contribution in [1.82, 2.24) is 14.7 Å². The van der Waals surface area contributed by atoms with Gasteiger partial charge in [0.05, 0.1) is 23.3 Å². The molecule has 5 nitrogen and oxygen atoms in total. The van der Waals surface area contributed by atoms with Crippen molar-refractivity contribution >= 4 is 5.97 Å². The Balaban J connectivity index is 1.80. The molecule has 1 aliphatic rings. The van der Waals surface area contributed by atoms with E-state index in [2.05, 4.69) is 10.00 Å². The van der Waals surface area contributed by atoms with Crippen LogP contribution in [-0.4, -0.2) is 40.3 Å². The summed E-state index contributed by atoms with van der Waals surface area (Å²) in [4.78, 5) is 15.1. The Morgan fingerprint density at radius 1 is 1.20 bits per heavy atom. The van der Waals surface area contributed by atoms with Gasteiger partial charge >= 0.3 is 12.1 Å². The van der Waals surface area contributed by atoms with Gasteiger partial charge in [0, 0.05) is 25.4 Å². The van der Waals surface area contributed by atoms with Gasteiger partial charge in [-0.1, -0.05) is 18.2 Å².